The summed E-state index contributed by atoms with van der Waals surface area (Å²) in [5.74, 6) is 1.04. The van der Waals surface area contributed by atoms with E-state index >= 15 is 0 Å². The van der Waals surface area contributed by atoms with Crippen molar-refractivity contribution >= 4 is 11.9 Å². The molecule has 0 radical (unpaired) electrons. The molecule has 0 bridgehead atoms. The molecule has 1 aromatic rings. The largest absolute Gasteiger partial charge is 0.370 e. The van der Waals surface area contributed by atoms with Crippen LogP contribution in [0.3, 0.4) is 0 Å². The van der Waals surface area contributed by atoms with Crippen molar-refractivity contribution in [2.75, 3.05) is 11.9 Å². The van der Waals surface area contributed by atoms with Crippen molar-refractivity contribution in [1.82, 2.24) is 4.98 Å². The van der Waals surface area contributed by atoms with Gasteiger partial charge in [0.1, 0.15) is 5.82 Å². The number of hydrogen-bond donors (Lipinski definition) is 1. The van der Waals surface area contributed by atoms with Crippen LogP contribution in [0.25, 0.3) is 6.08 Å². The lowest BCUT2D eigenvalue weighted by atomic mass is 10.1. The summed E-state index contributed by atoms with van der Waals surface area (Å²) in [5.41, 5.74) is 2.45. The average molecular weight is 172 g/mol. The van der Waals surface area contributed by atoms with Crippen LogP contribution in [0, 0.1) is 0 Å². The van der Waals surface area contributed by atoms with Crippen molar-refractivity contribution in [2.24, 2.45) is 0 Å². The first-order valence-corrected chi connectivity index (χ1v) is 4.42. The molecule has 2 heteroatoms. The van der Waals surface area contributed by atoms with Gasteiger partial charge >= 0.3 is 0 Å². The first-order chi connectivity index (χ1) is 6.40. The van der Waals surface area contributed by atoms with Crippen LogP contribution in [-0.4, -0.2) is 11.5 Å². The number of hydrogen-bond acceptors (Lipinski definition) is 2. The molecule has 0 aliphatic carbocycles. The molecule has 0 fully saturated rings. The van der Waals surface area contributed by atoms with Crippen molar-refractivity contribution in [3.63, 3.8) is 0 Å². The van der Waals surface area contributed by atoms with Crippen LogP contribution in [0.2, 0.25) is 0 Å². The molecule has 0 saturated heterocycles. The van der Waals surface area contributed by atoms with Gasteiger partial charge in [-0.25, -0.2) is 4.98 Å². The number of rotatable bonds is 2. The van der Waals surface area contributed by atoms with Crippen LogP contribution in [-0.2, 0) is 6.42 Å². The Bertz CT molecular complexity index is 353. The molecule has 0 spiro atoms. The fraction of sp³-hybridized carbons (Fsp3) is 0.182. The zero-order valence-corrected chi connectivity index (χ0v) is 7.46. The van der Waals surface area contributed by atoms with E-state index in [4.69, 9.17) is 0 Å². The molecular weight excluding hydrogens is 160 g/mol. The van der Waals surface area contributed by atoms with Crippen molar-refractivity contribution in [2.45, 2.75) is 6.42 Å². The third-order valence-electron chi connectivity index (χ3n) is 2.10. The Kier molecular flexibility index (Phi) is 2.13. The van der Waals surface area contributed by atoms with Crippen LogP contribution in [0.4, 0.5) is 5.82 Å². The highest BCUT2D eigenvalue weighted by Gasteiger charge is 2.10. The van der Waals surface area contributed by atoms with E-state index in [1.807, 2.05) is 18.3 Å². The minimum absolute atomic E-state index is 1.01. The van der Waals surface area contributed by atoms with Gasteiger partial charge in [-0.1, -0.05) is 24.8 Å². The van der Waals surface area contributed by atoms with Gasteiger partial charge in [0.2, 0.25) is 0 Å². The summed E-state index contributed by atoms with van der Waals surface area (Å²) >= 11 is 0. The monoisotopic (exact) mass is 172 g/mol. The van der Waals surface area contributed by atoms with E-state index in [-0.39, 0.29) is 0 Å². The van der Waals surface area contributed by atoms with Gasteiger partial charge in [0.25, 0.3) is 0 Å². The van der Waals surface area contributed by atoms with E-state index in [2.05, 4.69) is 22.9 Å². The molecule has 1 aliphatic heterocycles. The molecule has 0 unspecified atom stereocenters. The van der Waals surface area contributed by atoms with Gasteiger partial charge in [0, 0.05) is 12.7 Å². The van der Waals surface area contributed by atoms with Gasteiger partial charge in [-0.05, 0) is 23.6 Å². The molecule has 1 aliphatic rings. The Morgan fingerprint density at radius 1 is 1.54 bits per heavy atom. The lowest BCUT2D eigenvalue weighted by Gasteiger charge is -1.98. The molecule has 2 rings (SSSR count). The first kappa shape index (κ1) is 8.05. The molecule has 0 aromatic carbocycles. The summed E-state index contributed by atoms with van der Waals surface area (Å²) in [6, 6.07) is 2.17. The summed E-state index contributed by atoms with van der Waals surface area (Å²) in [6.45, 7) is 4.64. The molecule has 0 amide bonds. The van der Waals surface area contributed by atoms with Crippen LogP contribution in [0.15, 0.2) is 31.0 Å². The lowest BCUT2D eigenvalue weighted by Crippen LogP contribution is -1.92. The van der Waals surface area contributed by atoms with E-state index in [0.29, 0.717) is 0 Å². The topological polar surface area (TPSA) is 24.9 Å². The Hall–Kier alpha value is -1.57. The zero-order chi connectivity index (χ0) is 9.10. The van der Waals surface area contributed by atoms with Crippen LogP contribution in [0.5, 0.6) is 0 Å². The number of anilines is 1. The van der Waals surface area contributed by atoms with E-state index in [1.165, 1.54) is 5.56 Å². The minimum Gasteiger partial charge on any atom is -0.370 e. The Labute approximate surface area is 78.0 Å². The van der Waals surface area contributed by atoms with Gasteiger partial charge in [0.15, 0.2) is 0 Å². The molecule has 0 atom stereocenters. The number of fused-ring (bicyclic) bond motifs is 1. The fourth-order valence-corrected chi connectivity index (χ4v) is 1.46. The standard InChI is InChI=1S/C11H12N2/c1-2-3-4-9-7-10-5-6-12-11(10)13-8-9/h2-4,7-8H,1,5-6H2,(H,12,13)/b4-3-. The summed E-state index contributed by atoms with van der Waals surface area (Å²) in [5, 5.41) is 3.23. The zero-order valence-electron chi connectivity index (χ0n) is 7.46. The van der Waals surface area contributed by atoms with Crippen LogP contribution >= 0.6 is 0 Å². The van der Waals surface area contributed by atoms with Gasteiger partial charge in [0.05, 0.1) is 0 Å². The van der Waals surface area contributed by atoms with Crippen LogP contribution < -0.4 is 5.32 Å². The number of aromatic nitrogens is 1. The number of nitrogens with zero attached hydrogens (tertiary/aromatic N) is 1. The maximum absolute atomic E-state index is 4.32. The molecule has 1 N–H and O–H groups in total. The van der Waals surface area contributed by atoms with Gasteiger partial charge < -0.3 is 5.32 Å². The maximum Gasteiger partial charge on any atom is 0.129 e. The summed E-state index contributed by atoms with van der Waals surface area (Å²) in [4.78, 5) is 4.32. The molecule has 0 saturated carbocycles. The number of nitrogens with one attached hydrogen (secondary N) is 1. The predicted molar refractivity (Wildman–Crippen MR) is 55.7 cm³/mol. The molecule has 13 heavy (non-hydrogen) atoms. The molecule has 2 heterocycles. The van der Waals surface area contributed by atoms with Crippen molar-refractivity contribution < 1.29 is 0 Å². The first-order valence-electron chi connectivity index (χ1n) is 4.42. The Balaban J connectivity index is 2.30. The molecule has 2 nitrogen and oxygen atoms in total. The maximum atomic E-state index is 4.32. The van der Waals surface area contributed by atoms with Crippen LogP contribution in [0.1, 0.15) is 11.1 Å². The quantitative estimate of drug-likeness (QED) is 0.692. The highest BCUT2D eigenvalue weighted by molar-refractivity contribution is 5.57. The Morgan fingerprint density at radius 2 is 2.46 bits per heavy atom. The molecule has 1 aromatic heterocycles. The molecule has 66 valence electrons. The van der Waals surface area contributed by atoms with E-state index in [1.54, 1.807) is 6.08 Å². The van der Waals surface area contributed by atoms with Gasteiger partial charge in [-0.2, -0.15) is 0 Å². The van der Waals surface area contributed by atoms with E-state index in [0.717, 1.165) is 24.3 Å². The summed E-state index contributed by atoms with van der Waals surface area (Å²) < 4.78 is 0. The predicted octanol–water partition coefficient (Wildman–Crippen LogP) is 2.25. The highest BCUT2D eigenvalue weighted by atomic mass is 15.0. The van der Waals surface area contributed by atoms with Crippen molar-refractivity contribution in [3.8, 4) is 0 Å². The number of pyridine rings is 1. The SMILES string of the molecule is C=C/C=C\c1cnc2c(c1)CCN2. The second kappa shape index (κ2) is 3.44. The second-order valence-corrected chi connectivity index (χ2v) is 3.05. The Morgan fingerprint density at radius 3 is 3.31 bits per heavy atom. The third-order valence-corrected chi connectivity index (χ3v) is 2.10. The smallest absolute Gasteiger partial charge is 0.129 e. The third kappa shape index (κ3) is 1.61. The van der Waals surface area contributed by atoms with Crippen molar-refractivity contribution in [3.05, 3.63) is 42.1 Å². The lowest BCUT2D eigenvalue weighted by molar-refractivity contribution is 1.11. The van der Waals surface area contributed by atoms with Gasteiger partial charge in [-0.3, -0.25) is 0 Å². The van der Waals surface area contributed by atoms with Gasteiger partial charge in [-0.15, -0.1) is 0 Å². The molecular formula is C11H12N2. The average Bonchev–Trinajstić information content (AvgIpc) is 2.61. The normalized spacial score (nSPS) is 14.2. The summed E-state index contributed by atoms with van der Waals surface area (Å²) in [7, 11) is 0. The minimum atomic E-state index is 1.01. The highest BCUT2D eigenvalue weighted by Crippen LogP contribution is 2.20. The number of allylic oxidation sites excluding steroid dienone is 2. The van der Waals surface area contributed by atoms with E-state index < -0.39 is 0 Å². The van der Waals surface area contributed by atoms with Crippen molar-refractivity contribution in [1.29, 1.82) is 0 Å². The second-order valence-electron chi connectivity index (χ2n) is 3.05. The summed E-state index contributed by atoms with van der Waals surface area (Å²) in [6.07, 6.45) is 8.66. The van der Waals surface area contributed by atoms with E-state index in [9.17, 15) is 0 Å². The fourth-order valence-electron chi connectivity index (χ4n) is 1.46.